The first-order chi connectivity index (χ1) is 8.58. The van der Waals surface area contributed by atoms with E-state index in [9.17, 15) is 9.18 Å². The van der Waals surface area contributed by atoms with E-state index < -0.39 is 5.97 Å². The van der Waals surface area contributed by atoms with Crippen LogP contribution in [-0.4, -0.2) is 34.6 Å². The normalized spacial score (nSPS) is 22.0. The van der Waals surface area contributed by atoms with Crippen molar-refractivity contribution in [1.82, 2.24) is 4.90 Å². The molecule has 0 aliphatic carbocycles. The molecule has 1 aliphatic rings. The fraction of sp³-hybridized carbons (Fsp3) is 0.500. The van der Waals surface area contributed by atoms with Gasteiger partial charge in [0.25, 0.3) is 0 Å². The summed E-state index contributed by atoms with van der Waals surface area (Å²) in [6.45, 7) is 2.82. The Labute approximate surface area is 106 Å². The summed E-state index contributed by atoms with van der Waals surface area (Å²) < 4.78 is 13.1. The molecule has 1 saturated heterocycles. The number of carboxylic acids is 1. The van der Waals surface area contributed by atoms with E-state index in [1.807, 2.05) is 17.9 Å². The van der Waals surface area contributed by atoms with Crippen LogP contribution in [0, 0.1) is 5.82 Å². The third-order valence-electron chi connectivity index (χ3n) is 3.57. The number of benzene rings is 1. The van der Waals surface area contributed by atoms with Crippen LogP contribution in [0.3, 0.4) is 0 Å². The van der Waals surface area contributed by atoms with Gasteiger partial charge in [0.15, 0.2) is 0 Å². The van der Waals surface area contributed by atoms with Crippen molar-refractivity contribution >= 4 is 5.97 Å². The Hall–Kier alpha value is -1.42. The molecule has 98 valence electrons. The second kappa shape index (κ2) is 5.48. The number of halogens is 1. The lowest BCUT2D eigenvalue weighted by Gasteiger charge is -2.28. The van der Waals surface area contributed by atoms with E-state index in [1.165, 1.54) is 12.1 Å². The number of aliphatic carboxylic acids is 1. The lowest BCUT2D eigenvalue weighted by atomic mass is 10.0. The van der Waals surface area contributed by atoms with E-state index in [0.29, 0.717) is 12.8 Å². The topological polar surface area (TPSA) is 40.5 Å². The smallest absolute Gasteiger partial charge is 0.320 e. The molecule has 1 aromatic rings. The van der Waals surface area contributed by atoms with Gasteiger partial charge in [-0.25, -0.2) is 4.39 Å². The van der Waals surface area contributed by atoms with Crippen molar-refractivity contribution in [2.24, 2.45) is 0 Å². The zero-order chi connectivity index (χ0) is 13.1. The summed E-state index contributed by atoms with van der Waals surface area (Å²) in [6.07, 6.45) is 2.31. The highest BCUT2D eigenvalue weighted by molar-refractivity contribution is 5.73. The molecule has 1 aromatic carbocycles. The number of hydrogen-bond donors (Lipinski definition) is 1. The number of rotatable bonds is 4. The minimum Gasteiger partial charge on any atom is -0.480 e. The average molecular weight is 251 g/mol. The predicted molar refractivity (Wildman–Crippen MR) is 66.9 cm³/mol. The van der Waals surface area contributed by atoms with Crippen LogP contribution < -0.4 is 0 Å². The molecule has 0 saturated carbocycles. The van der Waals surface area contributed by atoms with Gasteiger partial charge < -0.3 is 5.11 Å². The van der Waals surface area contributed by atoms with Crippen molar-refractivity contribution < 1.29 is 14.3 Å². The molecule has 1 fully saturated rings. The summed E-state index contributed by atoms with van der Waals surface area (Å²) in [5, 5.41) is 9.14. The Kier molecular flexibility index (Phi) is 3.97. The lowest BCUT2D eigenvalue weighted by molar-refractivity contribution is -0.142. The zero-order valence-corrected chi connectivity index (χ0v) is 10.5. The second-order valence-corrected chi connectivity index (χ2v) is 4.92. The molecular formula is C14H18FNO2. The van der Waals surface area contributed by atoms with Crippen molar-refractivity contribution in [2.45, 2.75) is 38.3 Å². The first kappa shape index (κ1) is 13.0. The second-order valence-electron chi connectivity index (χ2n) is 4.92. The molecular weight excluding hydrogens is 233 g/mol. The molecule has 1 N–H and O–H groups in total. The number of carbonyl (C=O) groups is 1. The van der Waals surface area contributed by atoms with Crippen LogP contribution in [0.15, 0.2) is 24.3 Å². The van der Waals surface area contributed by atoms with E-state index >= 15 is 0 Å². The summed E-state index contributed by atoms with van der Waals surface area (Å²) in [4.78, 5) is 13.1. The quantitative estimate of drug-likeness (QED) is 0.892. The molecule has 2 unspecified atom stereocenters. The first-order valence-corrected chi connectivity index (χ1v) is 6.31. The Morgan fingerprint density at radius 1 is 1.61 bits per heavy atom. The van der Waals surface area contributed by atoms with Crippen LogP contribution in [0.2, 0.25) is 0 Å². The van der Waals surface area contributed by atoms with Gasteiger partial charge in [-0.1, -0.05) is 12.1 Å². The van der Waals surface area contributed by atoms with E-state index in [4.69, 9.17) is 5.11 Å². The first-order valence-electron chi connectivity index (χ1n) is 6.31. The molecule has 0 spiro atoms. The minimum atomic E-state index is -0.751. The molecule has 18 heavy (non-hydrogen) atoms. The number of carboxylic acid groups (broad SMARTS) is 1. The Balaban J connectivity index is 2.03. The van der Waals surface area contributed by atoms with Crippen LogP contribution in [0.25, 0.3) is 0 Å². The van der Waals surface area contributed by atoms with Crippen LogP contribution >= 0.6 is 0 Å². The molecule has 0 bridgehead atoms. The van der Waals surface area contributed by atoms with Crippen LogP contribution in [0.1, 0.15) is 25.3 Å². The predicted octanol–water partition coefficient (Wildman–Crippen LogP) is 2.31. The van der Waals surface area contributed by atoms with Crippen molar-refractivity contribution in [3.63, 3.8) is 0 Å². The SMILES string of the molecule is CC(Cc1cccc(F)c1)N1CCCC1C(=O)O. The molecule has 4 heteroatoms. The van der Waals surface area contributed by atoms with Crippen molar-refractivity contribution in [3.8, 4) is 0 Å². The van der Waals surface area contributed by atoms with Crippen molar-refractivity contribution in [2.75, 3.05) is 6.54 Å². The molecule has 0 amide bonds. The number of likely N-dealkylation sites (tertiary alicyclic amines) is 1. The van der Waals surface area contributed by atoms with Gasteiger partial charge in [-0.15, -0.1) is 0 Å². The van der Waals surface area contributed by atoms with Gasteiger partial charge in [-0.3, -0.25) is 9.69 Å². The van der Waals surface area contributed by atoms with Gasteiger partial charge in [0, 0.05) is 6.04 Å². The summed E-state index contributed by atoms with van der Waals surface area (Å²) in [7, 11) is 0. The molecule has 1 aliphatic heterocycles. The van der Waals surface area contributed by atoms with Crippen LogP contribution in [0.5, 0.6) is 0 Å². The van der Waals surface area contributed by atoms with Crippen molar-refractivity contribution in [1.29, 1.82) is 0 Å². The number of hydrogen-bond acceptors (Lipinski definition) is 2. The third kappa shape index (κ3) is 2.88. The van der Waals surface area contributed by atoms with Crippen LogP contribution in [-0.2, 0) is 11.2 Å². The summed E-state index contributed by atoms with van der Waals surface area (Å²) in [5.41, 5.74) is 0.915. The van der Waals surface area contributed by atoms with Gasteiger partial charge >= 0.3 is 5.97 Å². The van der Waals surface area contributed by atoms with E-state index in [2.05, 4.69) is 0 Å². The minimum absolute atomic E-state index is 0.121. The summed E-state index contributed by atoms with van der Waals surface area (Å²) in [5.74, 6) is -0.991. The molecule has 1 heterocycles. The number of nitrogens with zero attached hydrogens (tertiary/aromatic N) is 1. The van der Waals surface area contributed by atoms with Gasteiger partial charge in [-0.05, 0) is 50.4 Å². The Morgan fingerprint density at radius 2 is 2.39 bits per heavy atom. The van der Waals surface area contributed by atoms with Gasteiger partial charge in [0.1, 0.15) is 11.9 Å². The maximum absolute atomic E-state index is 13.1. The maximum atomic E-state index is 13.1. The molecule has 0 aromatic heterocycles. The van der Waals surface area contributed by atoms with E-state index in [0.717, 1.165) is 18.5 Å². The van der Waals surface area contributed by atoms with Crippen molar-refractivity contribution in [3.05, 3.63) is 35.6 Å². The Morgan fingerprint density at radius 3 is 3.06 bits per heavy atom. The van der Waals surface area contributed by atoms with Gasteiger partial charge in [-0.2, -0.15) is 0 Å². The molecule has 2 atom stereocenters. The largest absolute Gasteiger partial charge is 0.480 e. The van der Waals surface area contributed by atoms with E-state index in [-0.39, 0.29) is 17.9 Å². The fourth-order valence-corrected chi connectivity index (χ4v) is 2.70. The standard InChI is InChI=1S/C14H18FNO2/c1-10(8-11-4-2-5-12(15)9-11)16-7-3-6-13(16)14(17)18/h2,4-5,9-10,13H,3,6-8H2,1H3,(H,17,18). The maximum Gasteiger partial charge on any atom is 0.320 e. The lowest BCUT2D eigenvalue weighted by Crippen LogP contribution is -2.42. The molecule has 3 nitrogen and oxygen atoms in total. The highest BCUT2D eigenvalue weighted by Crippen LogP contribution is 2.22. The summed E-state index contributed by atoms with van der Waals surface area (Å²) >= 11 is 0. The highest BCUT2D eigenvalue weighted by Gasteiger charge is 2.33. The molecule has 0 radical (unpaired) electrons. The van der Waals surface area contributed by atoms with Crippen LogP contribution in [0.4, 0.5) is 4.39 Å². The Bertz CT molecular complexity index is 436. The van der Waals surface area contributed by atoms with Gasteiger partial charge in [0.05, 0.1) is 0 Å². The third-order valence-corrected chi connectivity index (χ3v) is 3.57. The summed E-state index contributed by atoms with van der Waals surface area (Å²) in [6, 6.07) is 6.25. The molecule has 2 rings (SSSR count). The van der Waals surface area contributed by atoms with E-state index in [1.54, 1.807) is 6.07 Å². The highest BCUT2D eigenvalue weighted by atomic mass is 19.1. The zero-order valence-electron chi connectivity index (χ0n) is 10.5. The van der Waals surface area contributed by atoms with Gasteiger partial charge in [0.2, 0.25) is 0 Å². The fourth-order valence-electron chi connectivity index (χ4n) is 2.70. The average Bonchev–Trinajstić information content (AvgIpc) is 2.77. The monoisotopic (exact) mass is 251 g/mol.